The summed E-state index contributed by atoms with van der Waals surface area (Å²) in [6.45, 7) is 3.21. The summed E-state index contributed by atoms with van der Waals surface area (Å²) in [4.78, 5) is 15.1. The van der Waals surface area contributed by atoms with Crippen LogP contribution in [-0.2, 0) is 16.4 Å². The van der Waals surface area contributed by atoms with E-state index in [1.165, 1.54) is 5.56 Å². The summed E-state index contributed by atoms with van der Waals surface area (Å²) in [5, 5.41) is 0. The SMILES string of the molecule is CC1CCCCN1S(=O)(=O)c1ccc(C(=O)N2CCCc3ccccc32)cc1. The zero-order valence-electron chi connectivity index (χ0n) is 16.2. The van der Waals surface area contributed by atoms with Gasteiger partial charge in [-0.15, -0.1) is 0 Å². The fraction of sp³-hybridized carbons (Fsp3) is 0.409. The van der Waals surface area contributed by atoms with E-state index < -0.39 is 10.0 Å². The molecule has 148 valence electrons. The summed E-state index contributed by atoms with van der Waals surface area (Å²) < 4.78 is 27.5. The van der Waals surface area contributed by atoms with E-state index in [9.17, 15) is 13.2 Å². The van der Waals surface area contributed by atoms with Crippen molar-refractivity contribution in [2.45, 2.75) is 50.0 Å². The van der Waals surface area contributed by atoms with Crippen LogP contribution in [0.25, 0.3) is 0 Å². The molecule has 1 saturated heterocycles. The topological polar surface area (TPSA) is 57.7 Å². The largest absolute Gasteiger partial charge is 0.308 e. The van der Waals surface area contributed by atoms with Crippen LogP contribution in [0.3, 0.4) is 0 Å². The number of aryl methyl sites for hydroxylation is 1. The van der Waals surface area contributed by atoms with Gasteiger partial charge in [0.25, 0.3) is 5.91 Å². The van der Waals surface area contributed by atoms with Crippen molar-refractivity contribution in [2.75, 3.05) is 18.0 Å². The number of sulfonamides is 1. The van der Waals surface area contributed by atoms with Crippen molar-refractivity contribution < 1.29 is 13.2 Å². The number of anilines is 1. The molecule has 0 bridgehead atoms. The number of carbonyl (C=O) groups is 1. The van der Waals surface area contributed by atoms with Crippen molar-refractivity contribution in [2.24, 2.45) is 0 Å². The summed E-state index contributed by atoms with van der Waals surface area (Å²) in [5.41, 5.74) is 2.65. The number of carbonyl (C=O) groups excluding carboxylic acids is 1. The molecule has 0 aromatic heterocycles. The highest BCUT2D eigenvalue weighted by Gasteiger charge is 2.31. The van der Waals surface area contributed by atoms with Crippen LogP contribution in [0.5, 0.6) is 0 Å². The van der Waals surface area contributed by atoms with Gasteiger partial charge < -0.3 is 4.90 Å². The van der Waals surface area contributed by atoms with Crippen LogP contribution >= 0.6 is 0 Å². The number of rotatable bonds is 3. The number of nitrogens with zero attached hydrogens (tertiary/aromatic N) is 2. The Morgan fingerprint density at radius 1 is 0.964 bits per heavy atom. The summed E-state index contributed by atoms with van der Waals surface area (Å²) in [7, 11) is -3.52. The van der Waals surface area contributed by atoms with Crippen molar-refractivity contribution in [3.05, 3.63) is 59.7 Å². The van der Waals surface area contributed by atoms with E-state index in [-0.39, 0.29) is 16.8 Å². The smallest absolute Gasteiger partial charge is 0.258 e. The highest BCUT2D eigenvalue weighted by molar-refractivity contribution is 7.89. The lowest BCUT2D eigenvalue weighted by molar-refractivity contribution is 0.0985. The molecule has 2 aliphatic rings. The number of amides is 1. The maximum absolute atomic E-state index is 13.0. The Hall–Kier alpha value is -2.18. The molecular weight excluding hydrogens is 372 g/mol. The number of para-hydroxylation sites is 1. The normalized spacial score (nSPS) is 20.6. The Kier molecular flexibility index (Phi) is 5.25. The molecule has 5 nitrogen and oxygen atoms in total. The first kappa shape index (κ1) is 19.2. The van der Waals surface area contributed by atoms with Gasteiger partial charge in [-0.1, -0.05) is 24.6 Å². The first-order chi connectivity index (χ1) is 13.5. The van der Waals surface area contributed by atoms with Crippen LogP contribution in [0.1, 0.15) is 48.5 Å². The van der Waals surface area contributed by atoms with E-state index in [1.54, 1.807) is 33.5 Å². The van der Waals surface area contributed by atoms with Crippen LogP contribution in [0.4, 0.5) is 5.69 Å². The first-order valence-corrected chi connectivity index (χ1v) is 11.4. The molecule has 2 aromatic carbocycles. The van der Waals surface area contributed by atoms with E-state index in [4.69, 9.17) is 0 Å². The minimum atomic E-state index is -3.52. The van der Waals surface area contributed by atoms with Gasteiger partial charge in [0.15, 0.2) is 0 Å². The second kappa shape index (κ2) is 7.68. The summed E-state index contributed by atoms with van der Waals surface area (Å²) in [6.07, 6.45) is 4.77. The molecule has 2 aliphatic heterocycles. The van der Waals surface area contributed by atoms with Gasteiger partial charge in [-0.05, 0) is 68.5 Å². The molecule has 2 aromatic rings. The number of piperidine rings is 1. The van der Waals surface area contributed by atoms with Crippen LogP contribution in [0.2, 0.25) is 0 Å². The Labute approximate surface area is 167 Å². The molecular formula is C22H26N2O3S. The molecule has 4 rings (SSSR count). The lowest BCUT2D eigenvalue weighted by Gasteiger charge is -2.32. The van der Waals surface area contributed by atoms with Crippen molar-refractivity contribution in [3.63, 3.8) is 0 Å². The van der Waals surface area contributed by atoms with Gasteiger partial charge in [0.05, 0.1) is 4.90 Å². The molecule has 0 spiro atoms. The fourth-order valence-electron chi connectivity index (χ4n) is 4.23. The zero-order valence-corrected chi connectivity index (χ0v) is 17.0. The molecule has 0 radical (unpaired) electrons. The molecule has 0 N–H and O–H groups in total. The zero-order chi connectivity index (χ0) is 19.7. The van der Waals surface area contributed by atoms with Crippen LogP contribution in [-0.4, -0.2) is 37.8 Å². The van der Waals surface area contributed by atoms with E-state index in [0.29, 0.717) is 18.7 Å². The third kappa shape index (κ3) is 3.47. The maximum atomic E-state index is 13.0. The van der Waals surface area contributed by atoms with Crippen molar-refractivity contribution in [1.82, 2.24) is 4.31 Å². The lowest BCUT2D eigenvalue weighted by atomic mass is 10.0. The van der Waals surface area contributed by atoms with Crippen LogP contribution < -0.4 is 4.90 Å². The molecule has 1 atom stereocenters. The molecule has 0 aliphatic carbocycles. The molecule has 2 heterocycles. The number of fused-ring (bicyclic) bond motifs is 1. The molecule has 1 fully saturated rings. The second-order valence-electron chi connectivity index (χ2n) is 7.67. The summed E-state index contributed by atoms with van der Waals surface area (Å²) >= 11 is 0. The fourth-order valence-corrected chi connectivity index (χ4v) is 5.93. The molecule has 0 saturated carbocycles. The van der Waals surface area contributed by atoms with E-state index in [1.807, 2.05) is 25.1 Å². The second-order valence-corrected chi connectivity index (χ2v) is 9.56. The number of benzene rings is 2. The predicted molar refractivity (Wildman–Crippen MR) is 110 cm³/mol. The minimum Gasteiger partial charge on any atom is -0.308 e. The van der Waals surface area contributed by atoms with Crippen molar-refractivity contribution in [1.29, 1.82) is 0 Å². The molecule has 28 heavy (non-hydrogen) atoms. The number of hydrogen-bond acceptors (Lipinski definition) is 3. The van der Waals surface area contributed by atoms with Crippen molar-refractivity contribution >= 4 is 21.6 Å². The van der Waals surface area contributed by atoms with Crippen LogP contribution in [0, 0.1) is 0 Å². The number of hydrogen-bond donors (Lipinski definition) is 0. The average molecular weight is 399 g/mol. The molecule has 6 heteroatoms. The summed E-state index contributed by atoms with van der Waals surface area (Å²) in [6, 6.07) is 14.4. The lowest BCUT2D eigenvalue weighted by Crippen LogP contribution is -2.41. The molecule has 1 amide bonds. The Bertz CT molecular complexity index is 970. The third-order valence-corrected chi connectivity index (χ3v) is 7.83. The van der Waals surface area contributed by atoms with Gasteiger partial charge in [-0.2, -0.15) is 4.31 Å². The maximum Gasteiger partial charge on any atom is 0.258 e. The van der Waals surface area contributed by atoms with Gasteiger partial charge in [0.2, 0.25) is 10.0 Å². The molecule has 1 unspecified atom stereocenters. The van der Waals surface area contributed by atoms with Crippen LogP contribution in [0.15, 0.2) is 53.4 Å². The van der Waals surface area contributed by atoms with Crippen molar-refractivity contribution in [3.8, 4) is 0 Å². The highest BCUT2D eigenvalue weighted by atomic mass is 32.2. The Balaban J connectivity index is 1.58. The predicted octanol–water partition coefficient (Wildman–Crippen LogP) is 3.84. The van der Waals surface area contributed by atoms with Gasteiger partial charge in [0.1, 0.15) is 0 Å². The standard InChI is InChI=1S/C22H26N2O3S/c1-17-7-4-5-16-24(17)28(26,27)20-13-11-19(12-14-20)22(25)23-15-6-9-18-8-2-3-10-21(18)23/h2-3,8,10-14,17H,4-7,9,15-16H2,1H3. The quantitative estimate of drug-likeness (QED) is 0.789. The average Bonchev–Trinajstić information content (AvgIpc) is 2.73. The van der Waals surface area contributed by atoms with E-state index >= 15 is 0 Å². The van der Waals surface area contributed by atoms with Gasteiger partial charge in [-0.25, -0.2) is 8.42 Å². The Morgan fingerprint density at radius 2 is 1.71 bits per heavy atom. The summed E-state index contributed by atoms with van der Waals surface area (Å²) in [5.74, 6) is -0.0811. The highest BCUT2D eigenvalue weighted by Crippen LogP contribution is 2.29. The van der Waals surface area contributed by atoms with E-state index in [2.05, 4.69) is 6.07 Å². The monoisotopic (exact) mass is 398 g/mol. The van der Waals surface area contributed by atoms with Gasteiger partial charge in [-0.3, -0.25) is 4.79 Å². The third-order valence-electron chi connectivity index (χ3n) is 5.81. The van der Waals surface area contributed by atoms with Gasteiger partial charge in [0, 0.05) is 30.4 Å². The Morgan fingerprint density at radius 3 is 2.46 bits per heavy atom. The first-order valence-electron chi connectivity index (χ1n) is 10.00. The van der Waals surface area contributed by atoms with E-state index in [0.717, 1.165) is 37.8 Å². The minimum absolute atomic E-state index is 0.0184. The van der Waals surface area contributed by atoms with Gasteiger partial charge >= 0.3 is 0 Å².